The Morgan fingerprint density at radius 2 is 1.85 bits per heavy atom. The summed E-state index contributed by atoms with van der Waals surface area (Å²) < 4.78 is 0.829. The van der Waals surface area contributed by atoms with Gasteiger partial charge in [-0.25, -0.2) is 0 Å². The van der Waals surface area contributed by atoms with Crippen LogP contribution in [0, 0.1) is 0 Å². The summed E-state index contributed by atoms with van der Waals surface area (Å²) in [5.74, 6) is 0.196. The van der Waals surface area contributed by atoms with Gasteiger partial charge in [-0.05, 0) is 47.5 Å². The molecule has 20 heavy (non-hydrogen) atoms. The number of Topliss-reactive ketones (excluding diaryl/α,β-unsaturated/α-hetero) is 1. The van der Waals surface area contributed by atoms with Crippen LogP contribution in [0.4, 0.5) is 5.69 Å². The normalized spacial score (nSPS) is 15.9. The molecule has 0 N–H and O–H groups in total. The molecular weight excluding hydrogens is 320 g/mol. The number of nitrogens with zero attached hydrogens (tertiary/aromatic N) is 2. The minimum atomic E-state index is 0.0575. The molecule has 1 aliphatic heterocycles. The van der Waals surface area contributed by atoms with Crippen LogP contribution in [0.25, 0.3) is 0 Å². The molecule has 0 spiro atoms. The summed E-state index contributed by atoms with van der Waals surface area (Å²) in [6.45, 7) is 6.51. The molecule has 108 valence electrons. The van der Waals surface area contributed by atoms with Crippen molar-refractivity contribution in [3.63, 3.8) is 0 Å². The zero-order valence-corrected chi connectivity index (χ0v) is 13.4. The Balaban J connectivity index is 2.14. The van der Waals surface area contributed by atoms with Crippen LogP contribution in [-0.2, 0) is 4.79 Å². The van der Waals surface area contributed by atoms with E-state index in [1.165, 1.54) is 0 Å². The first-order valence-corrected chi connectivity index (χ1v) is 7.59. The van der Waals surface area contributed by atoms with Gasteiger partial charge in [0.2, 0.25) is 5.91 Å². The van der Waals surface area contributed by atoms with Crippen LogP contribution < -0.4 is 4.90 Å². The highest BCUT2D eigenvalue weighted by Crippen LogP contribution is 2.25. The minimum Gasteiger partial charge on any atom is -0.370 e. The van der Waals surface area contributed by atoms with Gasteiger partial charge in [0.15, 0.2) is 5.78 Å². The number of rotatable bonds is 2. The number of amides is 1. The highest BCUT2D eigenvalue weighted by Gasteiger charge is 2.17. The van der Waals surface area contributed by atoms with Crippen molar-refractivity contribution in [3.8, 4) is 0 Å². The van der Waals surface area contributed by atoms with Gasteiger partial charge in [0.25, 0.3) is 0 Å². The van der Waals surface area contributed by atoms with E-state index in [0.717, 1.165) is 42.8 Å². The highest BCUT2D eigenvalue weighted by atomic mass is 79.9. The summed E-state index contributed by atoms with van der Waals surface area (Å²) in [5, 5.41) is 0. The predicted molar refractivity (Wildman–Crippen MR) is 83.2 cm³/mol. The van der Waals surface area contributed by atoms with Gasteiger partial charge in [-0.1, -0.05) is 0 Å². The average Bonchev–Trinajstić information content (AvgIpc) is 2.63. The molecule has 1 heterocycles. The van der Waals surface area contributed by atoms with Crippen molar-refractivity contribution in [2.75, 3.05) is 31.1 Å². The Bertz CT molecular complexity index is 531. The van der Waals surface area contributed by atoms with E-state index >= 15 is 0 Å². The molecule has 1 aliphatic rings. The minimum absolute atomic E-state index is 0.0575. The van der Waals surface area contributed by atoms with Crippen molar-refractivity contribution in [1.82, 2.24) is 4.90 Å². The van der Waals surface area contributed by atoms with Crippen molar-refractivity contribution in [2.24, 2.45) is 0 Å². The van der Waals surface area contributed by atoms with E-state index in [9.17, 15) is 9.59 Å². The maximum Gasteiger partial charge on any atom is 0.219 e. The number of halogens is 1. The molecule has 0 atom stereocenters. The number of anilines is 1. The van der Waals surface area contributed by atoms with Crippen LogP contribution in [0.15, 0.2) is 22.7 Å². The molecule has 0 unspecified atom stereocenters. The van der Waals surface area contributed by atoms with Crippen LogP contribution in [0.5, 0.6) is 0 Å². The van der Waals surface area contributed by atoms with Crippen molar-refractivity contribution in [3.05, 3.63) is 28.2 Å². The third-order valence-corrected chi connectivity index (χ3v) is 4.29. The largest absolute Gasteiger partial charge is 0.370 e. The van der Waals surface area contributed by atoms with Crippen LogP contribution >= 0.6 is 15.9 Å². The van der Waals surface area contributed by atoms with E-state index in [2.05, 4.69) is 20.8 Å². The quantitative estimate of drug-likeness (QED) is 0.778. The average molecular weight is 339 g/mol. The maximum absolute atomic E-state index is 11.4. The van der Waals surface area contributed by atoms with E-state index in [4.69, 9.17) is 0 Å². The van der Waals surface area contributed by atoms with Crippen molar-refractivity contribution < 1.29 is 9.59 Å². The zero-order chi connectivity index (χ0) is 14.7. The molecule has 0 aliphatic carbocycles. The number of hydrogen-bond donors (Lipinski definition) is 0. The van der Waals surface area contributed by atoms with Crippen molar-refractivity contribution in [1.29, 1.82) is 0 Å². The van der Waals surface area contributed by atoms with E-state index in [-0.39, 0.29) is 11.7 Å². The Morgan fingerprint density at radius 3 is 2.45 bits per heavy atom. The topological polar surface area (TPSA) is 40.6 Å². The summed E-state index contributed by atoms with van der Waals surface area (Å²) in [5.41, 5.74) is 1.79. The lowest BCUT2D eigenvalue weighted by atomic mass is 10.1. The summed E-state index contributed by atoms with van der Waals surface area (Å²) in [6.07, 6.45) is 0.964. The molecule has 1 saturated heterocycles. The van der Waals surface area contributed by atoms with Gasteiger partial charge in [-0.2, -0.15) is 0 Å². The van der Waals surface area contributed by atoms with E-state index in [1.807, 2.05) is 23.1 Å². The molecule has 1 aromatic rings. The number of carbonyl (C=O) groups is 2. The SMILES string of the molecule is CC(=O)c1ccc(N2CCCN(C(C)=O)CC2)cc1Br. The predicted octanol–water partition coefficient (Wildman–Crippen LogP) is 2.71. The van der Waals surface area contributed by atoms with Crippen molar-refractivity contribution in [2.45, 2.75) is 20.3 Å². The molecule has 2 rings (SSSR count). The van der Waals surface area contributed by atoms with Crippen LogP contribution in [-0.4, -0.2) is 42.8 Å². The van der Waals surface area contributed by atoms with Gasteiger partial charge in [-0.3, -0.25) is 9.59 Å². The van der Waals surface area contributed by atoms with Crippen molar-refractivity contribution >= 4 is 33.3 Å². The molecule has 1 aromatic carbocycles. The number of carbonyl (C=O) groups excluding carboxylic acids is 2. The standard InChI is InChI=1S/C15H19BrN2O2/c1-11(19)14-5-4-13(10-15(14)16)18-7-3-6-17(8-9-18)12(2)20/h4-5,10H,3,6-9H2,1-2H3. The molecule has 0 bridgehead atoms. The second-order valence-electron chi connectivity index (χ2n) is 5.07. The van der Waals surface area contributed by atoms with Crippen LogP contribution in [0.3, 0.4) is 0 Å². The Labute approximate surface area is 127 Å². The monoisotopic (exact) mass is 338 g/mol. The number of hydrogen-bond acceptors (Lipinski definition) is 3. The van der Waals surface area contributed by atoms with Gasteiger partial charge in [0.1, 0.15) is 0 Å². The van der Waals surface area contributed by atoms with Gasteiger partial charge in [0, 0.05) is 48.8 Å². The Morgan fingerprint density at radius 1 is 1.10 bits per heavy atom. The summed E-state index contributed by atoms with van der Waals surface area (Å²) >= 11 is 3.46. The van der Waals surface area contributed by atoms with Gasteiger partial charge in [-0.15, -0.1) is 0 Å². The first-order valence-electron chi connectivity index (χ1n) is 6.80. The highest BCUT2D eigenvalue weighted by molar-refractivity contribution is 9.10. The summed E-state index contributed by atoms with van der Waals surface area (Å²) in [7, 11) is 0. The number of ketones is 1. The Hall–Kier alpha value is -1.36. The first kappa shape index (κ1) is 15.0. The third-order valence-electron chi connectivity index (χ3n) is 3.64. The molecule has 0 aromatic heterocycles. The smallest absolute Gasteiger partial charge is 0.219 e. The first-order chi connectivity index (χ1) is 9.49. The fraction of sp³-hybridized carbons (Fsp3) is 0.467. The van der Waals surface area contributed by atoms with Gasteiger partial charge in [0.05, 0.1) is 0 Å². The lowest BCUT2D eigenvalue weighted by molar-refractivity contribution is -0.128. The summed E-state index contributed by atoms with van der Waals surface area (Å²) in [4.78, 5) is 27.0. The second-order valence-corrected chi connectivity index (χ2v) is 5.92. The third kappa shape index (κ3) is 3.39. The molecule has 5 heteroatoms. The maximum atomic E-state index is 11.4. The van der Waals surface area contributed by atoms with E-state index in [0.29, 0.717) is 5.56 Å². The second kappa shape index (κ2) is 6.39. The van der Waals surface area contributed by atoms with E-state index < -0.39 is 0 Å². The molecule has 1 fully saturated rings. The fourth-order valence-corrected chi connectivity index (χ4v) is 3.12. The zero-order valence-electron chi connectivity index (χ0n) is 11.9. The van der Waals surface area contributed by atoms with Gasteiger partial charge >= 0.3 is 0 Å². The molecular formula is C15H19BrN2O2. The lowest BCUT2D eigenvalue weighted by Gasteiger charge is -2.23. The summed E-state index contributed by atoms with van der Waals surface area (Å²) in [6, 6.07) is 5.82. The Kier molecular flexibility index (Phi) is 4.81. The molecule has 0 saturated carbocycles. The van der Waals surface area contributed by atoms with E-state index in [1.54, 1.807) is 13.8 Å². The van der Waals surface area contributed by atoms with Gasteiger partial charge < -0.3 is 9.80 Å². The van der Waals surface area contributed by atoms with Crippen LogP contribution in [0.2, 0.25) is 0 Å². The molecule has 1 amide bonds. The fourth-order valence-electron chi connectivity index (χ4n) is 2.48. The molecule has 4 nitrogen and oxygen atoms in total. The van der Waals surface area contributed by atoms with Crippen LogP contribution in [0.1, 0.15) is 30.6 Å². The number of benzene rings is 1. The lowest BCUT2D eigenvalue weighted by Crippen LogP contribution is -2.33. The molecule has 0 radical (unpaired) electrons.